The van der Waals surface area contributed by atoms with Gasteiger partial charge >= 0.3 is 6.03 Å². The quantitative estimate of drug-likeness (QED) is 0.862. The molecule has 1 fully saturated rings. The van der Waals surface area contributed by atoms with E-state index in [9.17, 15) is 4.79 Å². The van der Waals surface area contributed by atoms with Crippen molar-refractivity contribution in [3.8, 4) is 5.88 Å². The number of carbonyl (C=O) groups is 1. The fourth-order valence-corrected chi connectivity index (χ4v) is 2.45. The van der Waals surface area contributed by atoms with Gasteiger partial charge in [-0.15, -0.1) is 0 Å². The highest BCUT2D eigenvalue weighted by atomic mass is 16.5. The van der Waals surface area contributed by atoms with Crippen molar-refractivity contribution in [2.24, 2.45) is 5.73 Å². The molecule has 1 aliphatic heterocycles. The first-order valence-corrected chi connectivity index (χ1v) is 7.44. The number of piperidine rings is 1. The number of ether oxygens (including phenoxy) is 1. The Bertz CT molecular complexity index is 470. The van der Waals surface area contributed by atoms with Crippen molar-refractivity contribution >= 4 is 6.03 Å². The molecular formula is C15H24N4O2. The van der Waals surface area contributed by atoms with Crippen molar-refractivity contribution in [1.29, 1.82) is 0 Å². The van der Waals surface area contributed by atoms with Crippen LogP contribution >= 0.6 is 0 Å². The maximum Gasteiger partial charge on any atom is 0.314 e. The van der Waals surface area contributed by atoms with Crippen LogP contribution in [0.5, 0.6) is 5.88 Å². The molecule has 2 heterocycles. The number of rotatable bonds is 5. The van der Waals surface area contributed by atoms with Crippen LogP contribution in [0.4, 0.5) is 4.79 Å². The molecule has 0 aliphatic carbocycles. The molecule has 0 bridgehead atoms. The average molecular weight is 292 g/mol. The van der Waals surface area contributed by atoms with Gasteiger partial charge in [0.05, 0.1) is 6.10 Å². The Morgan fingerprint density at radius 3 is 2.86 bits per heavy atom. The summed E-state index contributed by atoms with van der Waals surface area (Å²) in [5, 5.41) is 3.51. The number of nitrogens with one attached hydrogen (secondary N) is 1. The van der Waals surface area contributed by atoms with Crippen LogP contribution in [0.1, 0.15) is 32.3 Å². The summed E-state index contributed by atoms with van der Waals surface area (Å²) >= 11 is 0. The van der Waals surface area contributed by atoms with E-state index < -0.39 is 0 Å². The lowest BCUT2D eigenvalue weighted by Gasteiger charge is -2.31. The highest BCUT2D eigenvalue weighted by molar-refractivity contribution is 5.72. The lowest BCUT2D eigenvalue weighted by Crippen LogP contribution is -2.46. The molecule has 0 atom stereocenters. The molecule has 1 aromatic heterocycles. The van der Waals surface area contributed by atoms with Gasteiger partial charge in [0.25, 0.3) is 0 Å². The highest BCUT2D eigenvalue weighted by Crippen LogP contribution is 2.17. The minimum absolute atomic E-state index is 0.109. The maximum atomic E-state index is 11.1. The Morgan fingerprint density at radius 2 is 2.24 bits per heavy atom. The third kappa shape index (κ3) is 4.60. The van der Waals surface area contributed by atoms with Crippen LogP contribution in [0, 0.1) is 0 Å². The zero-order valence-corrected chi connectivity index (χ0v) is 12.7. The zero-order valence-electron chi connectivity index (χ0n) is 12.7. The number of hydrogen-bond acceptors (Lipinski definition) is 4. The molecule has 6 heteroatoms. The Kier molecular flexibility index (Phi) is 5.38. The molecular weight excluding hydrogens is 268 g/mol. The molecule has 0 radical (unpaired) electrons. The summed E-state index contributed by atoms with van der Waals surface area (Å²) in [5.41, 5.74) is 6.34. The van der Waals surface area contributed by atoms with Gasteiger partial charge in [0, 0.05) is 37.4 Å². The van der Waals surface area contributed by atoms with E-state index in [2.05, 4.69) is 10.3 Å². The molecule has 2 amide bonds. The summed E-state index contributed by atoms with van der Waals surface area (Å²) < 4.78 is 5.71. The van der Waals surface area contributed by atoms with Crippen LogP contribution < -0.4 is 15.8 Å². The van der Waals surface area contributed by atoms with Gasteiger partial charge in [-0.25, -0.2) is 9.78 Å². The molecule has 3 N–H and O–H groups in total. The Hall–Kier alpha value is -1.82. The number of amides is 2. The lowest BCUT2D eigenvalue weighted by molar-refractivity contribution is 0.184. The van der Waals surface area contributed by atoms with Gasteiger partial charge in [0.15, 0.2) is 0 Å². The second kappa shape index (κ2) is 7.26. The highest BCUT2D eigenvalue weighted by Gasteiger charge is 2.21. The molecule has 1 aliphatic rings. The van der Waals surface area contributed by atoms with Crippen LogP contribution in [0.3, 0.4) is 0 Å². The van der Waals surface area contributed by atoms with Crippen molar-refractivity contribution in [2.45, 2.75) is 45.4 Å². The summed E-state index contributed by atoms with van der Waals surface area (Å²) in [6.07, 6.45) is 3.69. The number of nitrogens with zero attached hydrogens (tertiary/aromatic N) is 2. The lowest BCUT2D eigenvalue weighted by atomic mass is 10.1. The summed E-state index contributed by atoms with van der Waals surface area (Å²) in [5.74, 6) is 0.689. The molecule has 0 saturated carbocycles. The van der Waals surface area contributed by atoms with Gasteiger partial charge in [-0.05, 0) is 32.8 Å². The van der Waals surface area contributed by atoms with Gasteiger partial charge in [0.2, 0.25) is 5.88 Å². The van der Waals surface area contributed by atoms with E-state index in [-0.39, 0.29) is 12.1 Å². The molecule has 116 valence electrons. The largest absolute Gasteiger partial charge is 0.475 e. The van der Waals surface area contributed by atoms with Gasteiger partial charge in [-0.2, -0.15) is 0 Å². The minimum atomic E-state index is -0.326. The zero-order chi connectivity index (χ0) is 15.2. The summed E-state index contributed by atoms with van der Waals surface area (Å²) in [4.78, 5) is 17.1. The van der Waals surface area contributed by atoms with Gasteiger partial charge < -0.3 is 20.7 Å². The van der Waals surface area contributed by atoms with Gasteiger partial charge in [0.1, 0.15) is 0 Å². The number of pyridine rings is 1. The van der Waals surface area contributed by atoms with Crippen molar-refractivity contribution in [3.05, 3.63) is 23.9 Å². The molecule has 1 saturated heterocycles. The third-order valence-electron chi connectivity index (χ3n) is 3.59. The van der Waals surface area contributed by atoms with Crippen molar-refractivity contribution in [1.82, 2.24) is 15.2 Å². The molecule has 21 heavy (non-hydrogen) atoms. The standard InChI is InChI=1S/C15H24N4O2/c1-11(2)21-14-12(4-3-7-17-14)10-18-13-5-8-19(9-6-13)15(16)20/h3-4,7,11,13,18H,5-6,8-10H2,1-2H3,(H2,16,20). The van der Waals surface area contributed by atoms with E-state index in [1.807, 2.05) is 26.0 Å². The van der Waals surface area contributed by atoms with Crippen LogP contribution in [0.2, 0.25) is 0 Å². The number of likely N-dealkylation sites (tertiary alicyclic amines) is 1. The Morgan fingerprint density at radius 1 is 1.52 bits per heavy atom. The first-order chi connectivity index (χ1) is 10.1. The van der Waals surface area contributed by atoms with E-state index in [0.717, 1.165) is 38.0 Å². The van der Waals surface area contributed by atoms with Crippen LogP contribution in [-0.4, -0.2) is 41.2 Å². The summed E-state index contributed by atoms with van der Waals surface area (Å²) in [6.45, 7) is 6.14. The number of hydrogen-bond donors (Lipinski definition) is 2. The van der Waals surface area contributed by atoms with Crippen molar-refractivity contribution < 1.29 is 9.53 Å². The minimum Gasteiger partial charge on any atom is -0.475 e. The Balaban J connectivity index is 1.85. The number of primary amides is 1. The predicted molar refractivity (Wildman–Crippen MR) is 81.0 cm³/mol. The van der Waals surface area contributed by atoms with Crippen molar-refractivity contribution in [2.75, 3.05) is 13.1 Å². The maximum absolute atomic E-state index is 11.1. The van der Waals surface area contributed by atoms with Gasteiger partial charge in [-0.1, -0.05) is 6.07 Å². The number of urea groups is 1. The van der Waals surface area contributed by atoms with E-state index in [1.165, 1.54) is 0 Å². The van der Waals surface area contributed by atoms with Crippen LogP contribution in [0.15, 0.2) is 18.3 Å². The molecule has 0 unspecified atom stereocenters. The first kappa shape index (κ1) is 15.6. The van der Waals surface area contributed by atoms with E-state index in [1.54, 1.807) is 11.1 Å². The molecule has 1 aromatic rings. The monoisotopic (exact) mass is 292 g/mol. The number of carbonyl (C=O) groups excluding carboxylic acids is 1. The van der Waals surface area contributed by atoms with E-state index >= 15 is 0 Å². The fourth-order valence-electron chi connectivity index (χ4n) is 2.45. The van der Waals surface area contributed by atoms with Crippen LogP contribution in [0.25, 0.3) is 0 Å². The number of aromatic nitrogens is 1. The second-order valence-electron chi connectivity index (χ2n) is 5.61. The normalized spacial score (nSPS) is 16.2. The third-order valence-corrected chi connectivity index (χ3v) is 3.59. The van der Waals surface area contributed by atoms with E-state index in [0.29, 0.717) is 11.9 Å². The topological polar surface area (TPSA) is 80.5 Å². The first-order valence-electron chi connectivity index (χ1n) is 7.44. The second-order valence-corrected chi connectivity index (χ2v) is 5.61. The average Bonchev–Trinajstić information content (AvgIpc) is 2.46. The Labute approximate surface area is 125 Å². The fraction of sp³-hybridized carbons (Fsp3) is 0.600. The molecule has 2 rings (SSSR count). The van der Waals surface area contributed by atoms with E-state index in [4.69, 9.17) is 10.5 Å². The molecule has 0 aromatic carbocycles. The SMILES string of the molecule is CC(C)Oc1ncccc1CNC1CCN(C(N)=O)CC1. The smallest absolute Gasteiger partial charge is 0.314 e. The predicted octanol–water partition coefficient (Wildman–Crippen LogP) is 1.50. The summed E-state index contributed by atoms with van der Waals surface area (Å²) in [6, 6.07) is 4.01. The van der Waals surface area contributed by atoms with Crippen LogP contribution in [-0.2, 0) is 6.54 Å². The van der Waals surface area contributed by atoms with Gasteiger partial charge in [-0.3, -0.25) is 0 Å². The summed E-state index contributed by atoms with van der Waals surface area (Å²) in [7, 11) is 0. The molecule has 6 nitrogen and oxygen atoms in total. The van der Waals surface area contributed by atoms with Crippen molar-refractivity contribution in [3.63, 3.8) is 0 Å². The molecule has 0 spiro atoms. The number of nitrogens with two attached hydrogens (primary N) is 1.